The van der Waals surface area contributed by atoms with E-state index in [0.29, 0.717) is 13.1 Å². The van der Waals surface area contributed by atoms with Gasteiger partial charge in [-0.05, 0) is 51.1 Å². The van der Waals surface area contributed by atoms with Gasteiger partial charge in [0.1, 0.15) is 5.60 Å². The second-order valence-electron chi connectivity index (χ2n) is 6.48. The first-order chi connectivity index (χ1) is 9.24. The SMILES string of the molecule is Cc1cc(C[C@@H]2CN(C(=O)OC(C)(C)C)C[C@H]2O)cs1. The third-order valence-electron chi connectivity index (χ3n) is 3.34. The summed E-state index contributed by atoms with van der Waals surface area (Å²) in [6.07, 6.45) is 0.00780. The van der Waals surface area contributed by atoms with E-state index in [1.54, 1.807) is 16.2 Å². The molecule has 1 amide bonds. The van der Waals surface area contributed by atoms with Crippen LogP contribution in [0.25, 0.3) is 0 Å². The number of aliphatic hydroxyl groups excluding tert-OH is 1. The molecule has 0 aliphatic carbocycles. The normalized spacial score (nSPS) is 23.1. The third-order valence-corrected chi connectivity index (χ3v) is 4.25. The summed E-state index contributed by atoms with van der Waals surface area (Å²) in [5.41, 5.74) is 0.743. The van der Waals surface area contributed by atoms with Gasteiger partial charge in [0.25, 0.3) is 0 Å². The molecule has 1 N–H and O–H groups in total. The smallest absolute Gasteiger partial charge is 0.410 e. The van der Waals surface area contributed by atoms with Crippen LogP contribution in [0.4, 0.5) is 4.79 Å². The van der Waals surface area contributed by atoms with Crippen LogP contribution >= 0.6 is 11.3 Å². The zero-order valence-corrected chi connectivity index (χ0v) is 13.4. The molecule has 1 saturated heterocycles. The molecule has 1 aromatic heterocycles. The monoisotopic (exact) mass is 297 g/mol. The minimum atomic E-state index is -0.495. The number of carbonyl (C=O) groups excluding carboxylic acids is 1. The molecule has 2 atom stereocenters. The van der Waals surface area contributed by atoms with Crippen molar-refractivity contribution in [3.63, 3.8) is 0 Å². The zero-order chi connectivity index (χ0) is 14.9. The summed E-state index contributed by atoms with van der Waals surface area (Å²) in [4.78, 5) is 14.9. The van der Waals surface area contributed by atoms with Crippen molar-refractivity contribution < 1.29 is 14.6 Å². The minimum Gasteiger partial charge on any atom is -0.444 e. The number of hydrogen-bond donors (Lipinski definition) is 1. The predicted molar refractivity (Wildman–Crippen MR) is 80.1 cm³/mol. The van der Waals surface area contributed by atoms with Gasteiger partial charge in [-0.1, -0.05) is 0 Å². The molecule has 5 heteroatoms. The van der Waals surface area contributed by atoms with Crippen molar-refractivity contribution in [1.82, 2.24) is 4.90 Å². The molecular weight excluding hydrogens is 274 g/mol. The lowest BCUT2D eigenvalue weighted by molar-refractivity contribution is 0.0270. The maximum absolute atomic E-state index is 12.0. The van der Waals surface area contributed by atoms with Crippen LogP contribution in [-0.2, 0) is 11.2 Å². The largest absolute Gasteiger partial charge is 0.444 e. The van der Waals surface area contributed by atoms with Gasteiger partial charge in [-0.15, -0.1) is 11.3 Å². The number of amides is 1. The number of aryl methyl sites for hydroxylation is 1. The summed E-state index contributed by atoms with van der Waals surface area (Å²) in [5.74, 6) is 0.0940. The number of β-amino-alcohol motifs (C(OH)–C–C–N with tert-alkyl or cyclic N) is 1. The lowest BCUT2D eigenvalue weighted by atomic mass is 9.98. The van der Waals surface area contributed by atoms with Crippen molar-refractivity contribution in [3.05, 3.63) is 21.9 Å². The number of aliphatic hydroxyl groups is 1. The van der Waals surface area contributed by atoms with Crippen LogP contribution in [0.5, 0.6) is 0 Å². The Labute approximate surface area is 124 Å². The van der Waals surface area contributed by atoms with Gasteiger partial charge < -0.3 is 14.7 Å². The molecule has 0 radical (unpaired) electrons. The van der Waals surface area contributed by atoms with Crippen molar-refractivity contribution >= 4 is 17.4 Å². The predicted octanol–water partition coefficient (Wildman–Crippen LogP) is 2.83. The number of hydrogen-bond acceptors (Lipinski definition) is 4. The highest BCUT2D eigenvalue weighted by Gasteiger charge is 2.36. The summed E-state index contributed by atoms with van der Waals surface area (Å²) in [5, 5.41) is 12.3. The Hall–Kier alpha value is -1.07. The quantitative estimate of drug-likeness (QED) is 0.913. The molecule has 2 rings (SSSR count). The first kappa shape index (κ1) is 15.3. The molecule has 20 heavy (non-hydrogen) atoms. The number of thiophene rings is 1. The number of ether oxygens (including phenoxy) is 1. The van der Waals surface area contributed by atoms with E-state index in [1.165, 1.54) is 10.4 Å². The van der Waals surface area contributed by atoms with E-state index in [9.17, 15) is 9.90 Å². The molecule has 1 aliphatic heterocycles. The highest BCUT2D eigenvalue weighted by Crippen LogP contribution is 2.25. The standard InChI is InChI=1S/C15H23NO3S/c1-10-5-11(9-20-10)6-12-7-16(8-13(12)17)14(18)19-15(2,3)4/h5,9,12-13,17H,6-8H2,1-4H3/t12-,13-/m1/s1. The van der Waals surface area contributed by atoms with Crippen LogP contribution in [0.3, 0.4) is 0 Å². The topological polar surface area (TPSA) is 49.8 Å². The van der Waals surface area contributed by atoms with E-state index in [1.807, 2.05) is 20.8 Å². The second kappa shape index (κ2) is 5.74. The van der Waals surface area contributed by atoms with E-state index in [-0.39, 0.29) is 12.0 Å². The highest BCUT2D eigenvalue weighted by molar-refractivity contribution is 7.10. The van der Waals surface area contributed by atoms with Gasteiger partial charge in [0.05, 0.1) is 12.6 Å². The van der Waals surface area contributed by atoms with E-state index < -0.39 is 11.7 Å². The Kier molecular flexibility index (Phi) is 4.39. The fourth-order valence-corrected chi connectivity index (χ4v) is 3.16. The van der Waals surface area contributed by atoms with Gasteiger partial charge in [0.2, 0.25) is 0 Å². The van der Waals surface area contributed by atoms with Crippen LogP contribution in [-0.4, -0.2) is 40.9 Å². The van der Waals surface area contributed by atoms with Crippen molar-refractivity contribution in [2.75, 3.05) is 13.1 Å². The molecule has 0 unspecified atom stereocenters. The van der Waals surface area contributed by atoms with Gasteiger partial charge in [-0.25, -0.2) is 4.79 Å². The van der Waals surface area contributed by atoms with Crippen molar-refractivity contribution in [1.29, 1.82) is 0 Å². The van der Waals surface area contributed by atoms with Gasteiger partial charge in [-0.3, -0.25) is 0 Å². The average Bonchev–Trinajstić information content (AvgIpc) is 2.85. The Bertz CT molecular complexity index is 478. The summed E-state index contributed by atoms with van der Waals surface area (Å²) in [6, 6.07) is 2.15. The number of nitrogens with zero attached hydrogens (tertiary/aromatic N) is 1. The first-order valence-corrected chi connectivity index (χ1v) is 7.82. The van der Waals surface area contributed by atoms with E-state index in [2.05, 4.69) is 18.4 Å². The molecular formula is C15H23NO3S. The summed E-state index contributed by atoms with van der Waals surface area (Å²) < 4.78 is 5.35. The van der Waals surface area contributed by atoms with Gasteiger partial charge in [0.15, 0.2) is 0 Å². The van der Waals surface area contributed by atoms with E-state index in [0.717, 1.165) is 6.42 Å². The first-order valence-electron chi connectivity index (χ1n) is 6.94. The van der Waals surface area contributed by atoms with Crippen molar-refractivity contribution in [2.45, 2.75) is 45.8 Å². The minimum absolute atomic E-state index is 0.0940. The second-order valence-corrected chi connectivity index (χ2v) is 7.60. The molecule has 0 aromatic carbocycles. The van der Waals surface area contributed by atoms with Crippen LogP contribution in [0.1, 0.15) is 31.2 Å². The van der Waals surface area contributed by atoms with Crippen molar-refractivity contribution in [2.24, 2.45) is 5.92 Å². The Balaban J connectivity index is 1.93. The molecule has 1 fully saturated rings. The van der Waals surface area contributed by atoms with Crippen LogP contribution in [0.2, 0.25) is 0 Å². The van der Waals surface area contributed by atoms with Crippen molar-refractivity contribution in [3.8, 4) is 0 Å². The molecule has 0 spiro atoms. The van der Waals surface area contributed by atoms with Crippen LogP contribution in [0, 0.1) is 12.8 Å². The molecule has 112 valence electrons. The lowest BCUT2D eigenvalue weighted by Crippen LogP contribution is -2.35. The summed E-state index contributed by atoms with van der Waals surface area (Å²) in [7, 11) is 0. The number of likely N-dealkylation sites (tertiary alicyclic amines) is 1. The van der Waals surface area contributed by atoms with E-state index in [4.69, 9.17) is 4.74 Å². The molecule has 4 nitrogen and oxygen atoms in total. The van der Waals surface area contributed by atoms with Gasteiger partial charge >= 0.3 is 6.09 Å². The molecule has 1 aromatic rings. The fourth-order valence-electron chi connectivity index (χ4n) is 2.44. The Morgan fingerprint density at radius 1 is 1.50 bits per heavy atom. The maximum Gasteiger partial charge on any atom is 0.410 e. The number of carbonyl (C=O) groups is 1. The number of rotatable bonds is 2. The molecule has 2 heterocycles. The Morgan fingerprint density at radius 2 is 2.20 bits per heavy atom. The molecule has 0 bridgehead atoms. The fraction of sp³-hybridized carbons (Fsp3) is 0.667. The maximum atomic E-state index is 12.0. The van der Waals surface area contributed by atoms with E-state index >= 15 is 0 Å². The molecule has 1 aliphatic rings. The van der Waals surface area contributed by atoms with Gasteiger partial charge in [-0.2, -0.15) is 0 Å². The third kappa shape index (κ3) is 3.96. The summed E-state index contributed by atoms with van der Waals surface area (Å²) >= 11 is 1.72. The molecule has 0 saturated carbocycles. The average molecular weight is 297 g/mol. The summed E-state index contributed by atoms with van der Waals surface area (Å²) in [6.45, 7) is 8.55. The Morgan fingerprint density at radius 3 is 2.75 bits per heavy atom. The van der Waals surface area contributed by atoms with Crippen LogP contribution < -0.4 is 0 Å². The highest BCUT2D eigenvalue weighted by atomic mass is 32.1. The van der Waals surface area contributed by atoms with Gasteiger partial charge in [0, 0.05) is 17.3 Å². The zero-order valence-electron chi connectivity index (χ0n) is 12.5. The lowest BCUT2D eigenvalue weighted by Gasteiger charge is -2.24. The van der Waals surface area contributed by atoms with Crippen LogP contribution in [0.15, 0.2) is 11.4 Å².